The van der Waals surface area contributed by atoms with Gasteiger partial charge in [-0.15, -0.1) is 0 Å². The Balaban J connectivity index is 1.41. The minimum Gasteiger partial charge on any atom is -0.497 e. The van der Waals surface area contributed by atoms with Gasteiger partial charge in [0.1, 0.15) is 17.8 Å². The van der Waals surface area contributed by atoms with E-state index in [1.807, 2.05) is 54.6 Å². The number of hydrogen-bond acceptors (Lipinski definition) is 7. The van der Waals surface area contributed by atoms with Crippen LogP contribution in [0.15, 0.2) is 84.0 Å². The smallest absolute Gasteiger partial charge is 0.344 e. The summed E-state index contributed by atoms with van der Waals surface area (Å²) in [4.78, 5) is 35.9. The quantitative estimate of drug-likeness (QED) is 0.347. The molecule has 1 amide bonds. The van der Waals surface area contributed by atoms with Crippen LogP contribution in [0.1, 0.15) is 33.9 Å². The van der Waals surface area contributed by atoms with E-state index in [0.717, 1.165) is 16.8 Å². The molecule has 3 aromatic rings. The second-order valence-corrected chi connectivity index (χ2v) is 7.78. The van der Waals surface area contributed by atoms with Crippen molar-refractivity contribution in [3.63, 3.8) is 0 Å². The van der Waals surface area contributed by atoms with Crippen LogP contribution in [0, 0.1) is 0 Å². The predicted octanol–water partition coefficient (Wildman–Crippen LogP) is 3.81. The molecule has 1 unspecified atom stereocenters. The first-order chi connectivity index (χ1) is 17.1. The number of benzene rings is 3. The average molecular weight is 472 g/mol. The summed E-state index contributed by atoms with van der Waals surface area (Å²) in [7, 11) is 1.59. The molecule has 3 aromatic carbocycles. The van der Waals surface area contributed by atoms with Gasteiger partial charge in [-0.25, -0.2) is 9.80 Å². The summed E-state index contributed by atoms with van der Waals surface area (Å²) < 4.78 is 15.7. The first-order valence-corrected chi connectivity index (χ1v) is 11.0. The van der Waals surface area contributed by atoms with E-state index in [2.05, 4.69) is 5.10 Å². The highest BCUT2D eigenvalue weighted by atomic mass is 16.6. The zero-order valence-corrected chi connectivity index (χ0v) is 19.1. The molecule has 4 rings (SSSR count). The van der Waals surface area contributed by atoms with Gasteiger partial charge in [0, 0.05) is 12.0 Å². The number of aldehydes is 1. The molecule has 0 fully saturated rings. The number of nitrogens with zero attached hydrogens (tertiary/aromatic N) is 2. The lowest BCUT2D eigenvalue weighted by atomic mass is 9.98. The highest BCUT2D eigenvalue weighted by Gasteiger charge is 2.33. The van der Waals surface area contributed by atoms with E-state index in [9.17, 15) is 14.4 Å². The fourth-order valence-electron chi connectivity index (χ4n) is 3.67. The Morgan fingerprint density at radius 1 is 0.943 bits per heavy atom. The summed E-state index contributed by atoms with van der Waals surface area (Å²) in [6.45, 7) is -0.835. The van der Waals surface area contributed by atoms with Crippen LogP contribution in [0.3, 0.4) is 0 Å². The number of carbonyl (C=O) groups is 3. The number of hydrogen-bond donors (Lipinski definition) is 0. The van der Waals surface area contributed by atoms with Crippen molar-refractivity contribution < 1.29 is 28.6 Å². The molecule has 0 aromatic heterocycles. The Morgan fingerprint density at radius 2 is 1.63 bits per heavy atom. The normalized spacial score (nSPS) is 14.7. The van der Waals surface area contributed by atoms with Crippen LogP contribution in [0.2, 0.25) is 0 Å². The van der Waals surface area contributed by atoms with Gasteiger partial charge in [-0.05, 0) is 47.5 Å². The number of esters is 1. The molecule has 8 heteroatoms. The van der Waals surface area contributed by atoms with Gasteiger partial charge in [0.2, 0.25) is 0 Å². The molecule has 178 valence electrons. The van der Waals surface area contributed by atoms with Crippen LogP contribution in [0.4, 0.5) is 0 Å². The lowest BCUT2D eigenvalue weighted by molar-refractivity contribution is -0.154. The van der Waals surface area contributed by atoms with Crippen LogP contribution < -0.4 is 9.47 Å². The highest BCUT2D eigenvalue weighted by Crippen LogP contribution is 2.33. The van der Waals surface area contributed by atoms with Gasteiger partial charge < -0.3 is 14.2 Å². The van der Waals surface area contributed by atoms with Crippen LogP contribution in [0.25, 0.3) is 0 Å². The van der Waals surface area contributed by atoms with Crippen molar-refractivity contribution in [1.29, 1.82) is 0 Å². The van der Waals surface area contributed by atoms with Crippen molar-refractivity contribution in [2.45, 2.75) is 12.5 Å². The summed E-state index contributed by atoms with van der Waals surface area (Å²) in [6.07, 6.45) is 1.24. The molecular formula is C27H24N2O6. The molecule has 0 N–H and O–H groups in total. The molecule has 8 nitrogen and oxygen atoms in total. The third kappa shape index (κ3) is 5.92. The SMILES string of the molecule is COc1ccc(C2CC(c3ccccc3)=NN2C(=O)COC(=O)COc2ccc(C=O)cc2)cc1. The third-order valence-electron chi connectivity index (χ3n) is 5.50. The zero-order valence-electron chi connectivity index (χ0n) is 19.1. The number of amides is 1. The number of rotatable bonds is 9. The molecule has 0 spiro atoms. The zero-order chi connectivity index (χ0) is 24.6. The second kappa shape index (κ2) is 11.1. The molecule has 1 heterocycles. The summed E-state index contributed by atoms with van der Waals surface area (Å²) in [5.41, 5.74) is 3.08. The number of carbonyl (C=O) groups excluding carboxylic acids is 3. The second-order valence-electron chi connectivity index (χ2n) is 7.78. The molecule has 1 atom stereocenters. The summed E-state index contributed by atoms with van der Waals surface area (Å²) in [5, 5.41) is 5.94. The van der Waals surface area contributed by atoms with Gasteiger partial charge in [0.25, 0.3) is 5.91 Å². The van der Waals surface area contributed by atoms with E-state index < -0.39 is 18.5 Å². The molecule has 1 aliphatic rings. The van der Waals surface area contributed by atoms with Crippen LogP contribution >= 0.6 is 0 Å². The Hall–Kier alpha value is -4.46. The lowest BCUT2D eigenvalue weighted by Crippen LogP contribution is -2.32. The Labute approximate surface area is 202 Å². The topological polar surface area (TPSA) is 94.5 Å². The Bertz CT molecular complexity index is 1210. The maximum absolute atomic E-state index is 13.0. The van der Waals surface area contributed by atoms with E-state index in [4.69, 9.17) is 14.2 Å². The molecular weight excluding hydrogens is 448 g/mol. The standard InChI is InChI=1S/C27H24N2O6/c1-33-22-13-9-21(10-14-22)25-15-24(20-5-3-2-4-6-20)28-29(25)26(31)17-35-27(32)18-34-23-11-7-19(16-30)8-12-23/h2-14,16,25H,15,17-18H2,1H3. The van der Waals surface area contributed by atoms with Crippen LogP contribution in [-0.2, 0) is 14.3 Å². The van der Waals surface area contributed by atoms with Crippen molar-refractivity contribution >= 4 is 23.9 Å². The molecule has 0 saturated carbocycles. The van der Waals surface area contributed by atoms with Crippen molar-refractivity contribution in [2.75, 3.05) is 20.3 Å². The predicted molar refractivity (Wildman–Crippen MR) is 128 cm³/mol. The van der Waals surface area contributed by atoms with Crippen molar-refractivity contribution in [3.05, 3.63) is 95.6 Å². The van der Waals surface area contributed by atoms with Gasteiger partial charge in [-0.2, -0.15) is 5.10 Å². The van der Waals surface area contributed by atoms with E-state index in [1.165, 1.54) is 5.01 Å². The first kappa shape index (κ1) is 23.7. The Morgan fingerprint density at radius 3 is 2.29 bits per heavy atom. The van der Waals surface area contributed by atoms with E-state index in [-0.39, 0.29) is 12.6 Å². The first-order valence-electron chi connectivity index (χ1n) is 11.0. The van der Waals surface area contributed by atoms with Crippen molar-refractivity contribution in [1.82, 2.24) is 5.01 Å². The van der Waals surface area contributed by atoms with Gasteiger partial charge in [0.05, 0.1) is 18.9 Å². The molecule has 0 saturated heterocycles. The van der Waals surface area contributed by atoms with E-state index in [0.29, 0.717) is 29.8 Å². The summed E-state index contributed by atoms with van der Waals surface area (Å²) >= 11 is 0. The fraction of sp³-hybridized carbons (Fsp3) is 0.185. The fourth-order valence-corrected chi connectivity index (χ4v) is 3.67. The summed E-state index contributed by atoms with van der Waals surface area (Å²) in [5.74, 6) is -0.00986. The molecule has 0 bridgehead atoms. The van der Waals surface area contributed by atoms with Gasteiger partial charge in [0.15, 0.2) is 13.2 Å². The molecule has 0 aliphatic carbocycles. The Kier molecular flexibility index (Phi) is 7.52. The monoisotopic (exact) mass is 472 g/mol. The van der Waals surface area contributed by atoms with E-state index in [1.54, 1.807) is 31.4 Å². The molecule has 0 radical (unpaired) electrons. The van der Waals surface area contributed by atoms with Gasteiger partial charge in [-0.1, -0.05) is 42.5 Å². The van der Waals surface area contributed by atoms with Gasteiger partial charge in [-0.3, -0.25) is 9.59 Å². The highest BCUT2D eigenvalue weighted by molar-refractivity contribution is 6.03. The van der Waals surface area contributed by atoms with Crippen LogP contribution in [-0.4, -0.2) is 49.2 Å². The molecule has 35 heavy (non-hydrogen) atoms. The van der Waals surface area contributed by atoms with Crippen LogP contribution in [0.5, 0.6) is 11.5 Å². The maximum atomic E-state index is 13.0. The average Bonchev–Trinajstić information content (AvgIpc) is 3.37. The minimum absolute atomic E-state index is 0.338. The van der Waals surface area contributed by atoms with Gasteiger partial charge >= 0.3 is 5.97 Å². The summed E-state index contributed by atoms with van der Waals surface area (Å²) in [6, 6.07) is 23.0. The number of methoxy groups -OCH3 is 1. The third-order valence-corrected chi connectivity index (χ3v) is 5.50. The number of ether oxygens (including phenoxy) is 3. The van der Waals surface area contributed by atoms with E-state index >= 15 is 0 Å². The largest absolute Gasteiger partial charge is 0.497 e. The minimum atomic E-state index is -0.690. The number of hydrazone groups is 1. The maximum Gasteiger partial charge on any atom is 0.344 e. The lowest BCUT2D eigenvalue weighted by Gasteiger charge is -2.22. The molecule has 1 aliphatic heterocycles. The van der Waals surface area contributed by atoms with Crippen molar-refractivity contribution in [2.24, 2.45) is 5.10 Å². The van der Waals surface area contributed by atoms with Crippen molar-refractivity contribution in [3.8, 4) is 11.5 Å².